The van der Waals surface area contributed by atoms with Crippen LogP contribution in [-0.4, -0.2) is 25.4 Å². The number of hydrogen-bond donors (Lipinski definition) is 2. The van der Waals surface area contributed by atoms with Crippen LogP contribution in [0.2, 0.25) is 0 Å². The highest BCUT2D eigenvalue weighted by Gasteiger charge is 2.08. The number of ether oxygens (including phenoxy) is 2. The fraction of sp³-hybridized carbons (Fsp3) is 0.562. The Kier molecular flexibility index (Phi) is 7.90. The maximum Gasteiger partial charge on any atom is 0.171 e. The van der Waals surface area contributed by atoms with Crippen LogP contribution in [0.5, 0.6) is 11.5 Å². The fourth-order valence-electron chi connectivity index (χ4n) is 2.06. The summed E-state index contributed by atoms with van der Waals surface area (Å²) < 4.78 is 10.5. The van der Waals surface area contributed by atoms with Gasteiger partial charge in [-0.25, -0.2) is 0 Å². The summed E-state index contributed by atoms with van der Waals surface area (Å²) in [6.07, 6.45) is 4.84. The Morgan fingerprint density at radius 3 is 2.62 bits per heavy atom. The van der Waals surface area contributed by atoms with Crippen molar-refractivity contribution in [1.82, 2.24) is 5.32 Å². The highest BCUT2D eigenvalue weighted by Crippen LogP contribution is 2.28. The van der Waals surface area contributed by atoms with Crippen LogP contribution in [0.4, 0.5) is 5.69 Å². The standard InChI is InChI=1S/C16H26N2O2S/c1-5-6-7-8-12(2)17-16(21)18-14-10-9-13(19-3)11-15(14)20-4/h9-12H,5-8H2,1-4H3,(H2,17,18,21). The van der Waals surface area contributed by atoms with Crippen LogP contribution in [0.1, 0.15) is 39.5 Å². The topological polar surface area (TPSA) is 42.5 Å². The Bertz CT molecular complexity index is 452. The van der Waals surface area contributed by atoms with Crippen molar-refractivity contribution in [3.05, 3.63) is 18.2 Å². The number of benzene rings is 1. The molecule has 1 atom stereocenters. The second-order valence-electron chi connectivity index (χ2n) is 5.06. The summed E-state index contributed by atoms with van der Waals surface area (Å²) >= 11 is 5.35. The smallest absolute Gasteiger partial charge is 0.171 e. The Morgan fingerprint density at radius 2 is 2.00 bits per heavy atom. The first-order valence-corrected chi connectivity index (χ1v) is 7.81. The van der Waals surface area contributed by atoms with Crippen molar-refractivity contribution in [2.75, 3.05) is 19.5 Å². The molecule has 1 rings (SSSR count). The van der Waals surface area contributed by atoms with Crippen molar-refractivity contribution in [3.8, 4) is 11.5 Å². The average molecular weight is 310 g/mol. The van der Waals surface area contributed by atoms with E-state index in [0.717, 1.165) is 17.9 Å². The molecular formula is C16H26N2O2S. The second kappa shape index (κ2) is 9.45. The fourth-order valence-corrected chi connectivity index (χ4v) is 2.37. The number of unbranched alkanes of at least 4 members (excludes halogenated alkanes) is 2. The van der Waals surface area contributed by atoms with Crippen LogP contribution in [0.15, 0.2) is 18.2 Å². The molecule has 0 aliphatic rings. The molecule has 0 fully saturated rings. The van der Waals surface area contributed by atoms with E-state index in [-0.39, 0.29) is 0 Å². The lowest BCUT2D eigenvalue weighted by Gasteiger charge is -2.18. The summed E-state index contributed by atoms with van der Waals surface area (Å²) in [6.45, 7) is 4.36. The van der Waals surface area contributed by atoms with E-state index in [1.54, 1.807) is 14.2 Å². The van der Waals surface area contributed by atoms with Crippen molar-refractivity contribution in [1.29, 1.82) is 0 Å². The maximum absolute atomic E-state index is 5.35. The SMILES string of the molecule is CCCCCC(C)NC(=S)Nc1ccc(OC)cc1OC. The normalized spacial score (nSPS) is 11.6. The minimum Gasteiger partial charge on any atom is -0.497 e. The van der Waals surface area contributed by atoms with Crippen LogP contribution in [0, 0.1) is 0 Å². The molecule has 1 unspecified atom stereocenters. The maximum atomic E-state index is 5.35. The first-order chi connectivity index (χ1) is 10.1. The predicted octanol–water partition coefficient (Wildman–Crippen LogP) is 3.96. The van der Waals surface area contributed by atoms with Crippen molar-refractivity contribution in [2.24, 2.45) is 0 Å². The van der Waals surface area contributed by atoms with Crippen molar-refractivity contribution in [3.63, 3.8) is 0 Å². The molecule has 0 aliphatic carbocycles. The van der Waals surface area contributed by atoms with Gasteiger partial charge in [0.1, 0.15) is 11.5 Å². The zero-order chi connectivity index (χ0) is 15.7. The lowest BCUT2D eigenvalue weighted by molar-refractivity contribution is 0.395. The average Bonchev–Trinajstić information content (AvgIpc) is 2.47. The van der Waals surface area contributed by atoms with E-state index in [9.17, 15) is 0 Å². The predicted molar refractivity (Wildman–Crippen MR) is 92.5 cm³/mol. The van der Waals surface area contributed by atoms with Gasteiger partial charge < -0.3 is 20.1 Å². The quantitative estimate of drug-likeness (QED) is 0.562. The van der Waals surface area contributed by atoms with Crippen molar-refractivity contribution >= 4 is 23.0 Å². The number of nitrogens with one attached hydrogen (secondary N) is 2. The van der Waals surface area contributed by atoms with Gasteiger partial charge in [-0.1, -0.05) is 26.2 Å². The van der Waals surface area contributed by atoms with E-state index in [1.807, 2.05) is 18.2 Å². The monoisotopic (exact) mass is 310 g/mol. The molecule has 2 N–H and O–H groups in total. The third-order valence-electron chi connectivity index (χ3n) is 3.28. The third kappa shape index (κ3) is 6.21. The highest BCUT2D eigenvalue weighted by molar-refractivity contribution is 7.80. The molecule has 1 aromatic rings. The number of thiocarbonyl (C=S) groups is 1. The number of anilines is 1. The van der Waals surface area contributed by atoms with Crippen LogP contribution >= 0.6 is 12.2 Å². The Balaban J connectivity index is 2.54. The molecule has 0 saturated heterocycles. The molecule has 0 heterocycles. The molecule has 5 heteroatoms. The Labute approximate surface area is 133 Å². The van der Waals surface area contributed by atoms with E-state index in [1.165, 1.54) is 19.3 Å². The van der Waals surface area contributed by atoms with E-state index < -0.39 is 0 Å². The summed E-state index contributed by atoms with van der Waals surface area (Å²) in [6, 6.07) is 5.96. The third-order valence-corrected chi connectivity index (χ3v) is 3.49. The Morgan fingerprint density at radius 1 is 1.24 bits per heavy atom. The number of rotatable bonds is 8. The molecular weight excluding hydrogens is 284 g/mol. The van der Waals surface area contributed by atoms with E-state index in [0.29, 0.717) is 16.9 Å². The lowest BCUT2D eigenvalue weighted by Crippen LogP contribution is -2.35. The second-order valence-corrected chi connectivity index (χ2v) is 5.47. The minimum absolute atomic E-state index is 0.362. The molecule has 0 bridgehead atoms. The van der Waals surface area contributed by atoms with Crippen LogP contribution < -0.4 is 20.1 Å². The molecule has 118 valence electrons. The summed E-state index contributed by atoms with van der Waals surface area (Å²) in [5.74, 6) is 1.46. The molecule has 0 aliphatic heterocycles. The molecule has 0 aromatic heterocycles. The molecule has 0 spiro atoms. The van der Waals surface area contributed by atoms with Gasteiger partial charge in [-0.3, -0.25) is 0 Å². The van der Waals surface area contributed by atoms with Gasteiger partial charge in [0.15, 0.2) is 5.11 Å². The molecule has 0 radical (unpaired) electrons. The van der Waals surface area contributed by atoms with Gasteiger partial charge in [0, 0.05) is 12.1 Å². The van der Waals surface area contributed by atoms with Gasteiger partial charge in [-0.05, 0) is 37.7 Å². The minimum atomic E-state index is 0.362. The zero-order valence-corrected chi connectivity index (χ0v) is 14.2. The van der Waals surface area contributed by atoms with Gasteiger partial charge in [0.05, 0.1) is 19.9 Å². The van der Waals surface area contributed by atoms with Crippen molar-refractivity contribution < 1.29 is 9.47 Å². The number of methoxy groups -OCH3 is 2. The van der Waals surface area contributed by atoms with E-state index in [4.69, 9.17) is 21.7 Å². The van der Waals surface area contributed by atoms with Gasteiger partial charge in [-0.15, -0.1) is 0 Å². The summed E-state index contributed by atoms with van der Waals surface area (Å²) in [5, 5.41) is 7.09. The van der Waals surface area contributed by atoms with E-state index in [2.05, 4.69) is 24.5 Å². The van der Waals surface area contributed by atoms with E-state index >= 15 is 0 Å². The summed E-state index contributed by atoms with van der Waals surface area (Å²) in [7, 11) is 3.26. The first kappa shape index (κ1) is 17.6. The van der Waals surface area contributed by atoms with Gasteiger partial charge >= 0.3 is 0 Å². The molecule has 1 aromatic carbocycles. The van der Waals surface area contributed by atoms with Crippen molar-refractivity contribution in [2.45, 2.75) is 45.6 Å². The zero-order valence-electron chi connectivity index (χ0n) is 13.4. The first-order valence-electron chi connectivity index (χ1n) is 7.40. The largest absolute Gasteiger partial charge is 0.497 e. The summed E-state index contributed by atoms with van der Waals surface area (Å²) in [5.41, 5.74) is 0.830. The van der Waals surface area contributed by atoms with Gasteiger partial charge in [0.25, 0.3) is 0 Å². The molecule has 0 amide bonds. The van der Waals surface area contributed by atoms with Crippen LogP contribution in [0.25, 0.3) is 0 Å². The van der Waals surface area contributed by atoms with Gasteiger partial charge in [-0.2, -0.15) is 0 Å². The lowest BCUT2D eigenvalue weighted by atomic mass is 10.1. The van der Waals surface area contributed by atoms with Gasteiger partial charge in [0.2, 0.25) is 0 Å². The van der Waals surface area contributed by atoms with Crippen LogP contribution in [0.3, 0.4) is 0 Å². The summed E-state index contributed by atoms with van der Waals surface area (Å²) in [4.78, 5) is 0. The molecule has 4 nitrogen and oxygen atoms in total. The molecule has 0 saturated carbocycles. The molecule has 21 heavy (non-hydrogen) atoms. The van der Waals surface area contributed by atoms with Crippen LogP contribution in [-0.2, 0) is 0 Å². The Hall–Kier alpha value is -1.49. The highest BCUT2D eigenvalue weighted by atomic mass is 32.1. The number of hydrogen-bond acceptors (Lipinski definition) is 3.